The molecule has 3 aliphatic heterocycles. The maximum Gasteiger partial charge on any atom is 0.0739 e. The quantitative estimate of drug-likeness (QED) is 0.565. The number of nitrogens with one attached hydrogen (secondary N) is 1. The molecule has 0 bridgehead atoms. The number of hydrogen-bond acceptors (Lipinski definition) is 3. The molecule has 3 nitrogen and oxygen atoms in total. The van der Waals surface area contributed by atoms with Crippen molar-refractivity contribution in [2.24, 2.45) is 5.92 Å². The van der Waals surface area contributed by atoms with Gasteiger partial charge in [0.1, 0.15) is 0 Å². The lowest BCUT2D eigenvalue weighted by atomic mass is 9.96. The first-order valence-corrected chi connectivity index (χ1v) is 5.06. The van der Waals surface area contributed by atoms with Crippen molar-refractivity contribution in [3.8, 4) is 0 Å². The Kier molecular flexibility index (Phi) is 1.63. The Morgan fingerprint density at radius 3 is 3.33 bits per heavy atom. The molecule has 0 amide bonds. The number of rotatable bonds is 0. The van der Waals surface area contributed by atoms with E-state index in [-0.39, 0.29) is 0 Å². The molecule has 3 saturated heterocycles. The molecule has 3 rings (SSSR count). The molecule has 12 heavy (non-hydrogen) atoms. The van der Waals surface area contributed by atoms with Crippen LogP contribution >= 0.6 is 0 Å². The van der Waals surface area contributed by atoms with E-state index in [1.165, 1.54) is 32.4 Å². The number of hydrogen-bond donors (Lipinski definition) is 1. The molecule has 0 spiro atoms. The van der Waals surface area contributed by atoms with Crippen molar-refractivity contribution in [3.63, 3.8) is 0 Å². The highest BCUT2D eigenvalue weighted by Crippen LogP contribution is 2.33. The highest BCUT2D eigenvalue weighted by atomic mass is 16.7. The molecule has 0 aliphatic carbocycles. The Hall–Kier alpha value is -0.120. The van der Waals surface area contributed by atoms with E-state index in [1.807, 2.05) is 0 Å². The minimum atomic E-state index is 0.644. The maximum atomic E-state index is 5.28. The van der Waals surface area contributed by atoms with E-state index in [4.69, 9.17) is 4.84 Å². The third-order valence-electron chi connectivity index (χ3n) is 3.57. The molecule has 0 aromatic rings. The van der Waals surface area contributed by atoms with Gasteiger partial charge in [0.15, 0.2) is 0 Å². The Labute approximate surface area is 73.0 Å². The van der Waals surface area contributed by atoms with Gasteiger partial charge in [-0.3, -0.25) is 4.90 Å². The van der Waals surface area contributed by atoms with Gasteiger partial charge in [-0.1, -0.05) is 6.42 Å². The van der Waals surface area contributed by atoms with E-state index < -0.39 is 0 Å². The summed E-state index contributed by atoms with van der Waals surface area (Å²) in [6.45, 7) is 3.51. The molecule has 0 radical (unpaired) electrons. The summed E-state index contributed by atoms with van der Waals surface area (Å²) in [6, 6.07) is 1.43. The molecule has 0 aromatic carbocycles. The fourth-order valence-corrected chi connectivity index (χ4v) is 2.96. The molecule has 0 unspecified atom stereocenters. The summed E-state index contributed by atoms with van der Waals surface area (Å²) in [4.78, 5) is 7.93. The summed E-state index contributed by atoms with van der Waals surface area (Å²) in [5, 5.41) is 0. The number of piperidine rings is 1. The molecule has 3 fully saturated rings. The zero-order chi connectivity index (χ0) is 7.97. The van der Waals surface area contributed by atoms with Crippen LogP contribution in [0.4, 0.5) is 0 Å². The summed E-state index contributed by atoms with van der Waals surface area (Å²) >= 11 is 0. The minimum absolute atomic E-state index is 0.644. The maximum absolute atomic E-state index is 5.28. The second-order valence-electron chi connectivity index (χ2n) is 4.27. The van der Waals surface area contributed by atoms with Crippen LogP contribution in [0, 0.1) is 5.92 Å². The lowest BCUT2D eigenvalue weighted by molar-refractivity contribution is 0.0493. The Morgan fingerprint density at radius 1 is 1.33 bits per heavy atom. The summed E-state index contributed by atoms with van der Waals surface area (Å²) < 4.78 is 0. The summed E-state index contributed by atoms with van der Waals surface area (Å²) in [7, 11) is 0. The summed E-state index contributed by atoms with van der Waals surface area (Å²) in [6.07, 6.45) is 4.18. The van der Waals surface area contributed by atoms with Gasteiger partial charge in [0.05, 0.1) is 12.6 Å². The van der Waals surface area contributed by atoms with Gasteiger partial charge >= 0.3 is 0 Å². The Balaban J connectivity index is 1.79. The van der Waals surface area contributed by atoms with E-state index in [2.05, 4.69) is 10.4 Å². The van der Waals surface area contributed by atoms with Crippen LogP contribution in [0.2, 0.25) is 0 Å². The predicted molar refractivity (Wildman–Crippen MR) is 45.6 cm³/mol. The van der Waals surface area contributed by atoms with Crippen LogP contribution in [0.3, 0.4) is 0 Å². The first-order valence-electron chi connectivity index (χ1n) is 5.06. The van der Waals surface area contributed by atoms with E-state index in [9.17, 15) is 0 Å². The van der Waals surface area contributed by atoms with Crippen molar-refractivity contribution in [3.05, 3.63) is 0 Å². The van der Waals surface area contributed by atoms with Crippen molar-refractivity contribution in [2.45, 2.75) is 31.3 Å². The van der Waals surface area contributed by atoms with Crippen LogP contribution in [0.15, 0.2) is 0 Å². The average Bonchev–Trinajstić information content (AvgIpc) is 2.62. The van der Waals surface area contributed by atoms with Gasteiger partial charge in [0.2, 0.25) is 0 Å². The molecule has 68 valence electrons. The van der Waals surface area contributed by atoms with Crippen molar-refractivity contribution in [1.29, 1.82) is 0 Å². The minimum Gasteiger partial charge on any atom is -0.301 e. The fourth-order valence-electron chi connectivity index (χ4n) is 2.96. The van der Waals surface area contributed by atoms with Crippen molar-refractivity contribution in [1.82, 2.24) is 10.4 Å². The SMILES string of the molecule is C1CCN2C[C@H]3CON[C@H]3[C@H]2C1. The van der Waals surface area contributed by atoms with Crippen molar-refractivity contribution < 1.29 is 4.84 Å². The second-order valence-corrected chi connectivity index (χ2v) is 4.27. The van der Waals surface area contributed by atoms with Crippen LogP contribution in [0.5, 0.6) is 0 Å². The number of hydroxylamine groups is 1. The predicted octanol–water partition coefficient (Wildman–Crippen LogP) is 0.374. The van der Waals surface area contributed by atoms with Gasteiger partial charge < -0.3 is 4.84 Å². The molecular formula is C9H16N2O. The zero-order valence-electron chi connectivity index (χ0n) is 7.33. The van der Waals surface area contributed by atoms with E-state index in [0.717, 1.165) is 18.6 Å². The van der Waals surface area contributed by atoms with Gasteiger partial charge in [-0.15, -0.1) is 0 Å². The second kappa shape index (κ2) is 2.69. The van der Waals surface area contributed by atoms with Crippen LogP contribution < -0.4 is 5.48 Å². The molecule has 3 heteroatoms. The standard InChI is InChI=1S/C9H16N2O/c1-2-4-11-5-7-6-12-10-9(7)8(11)3-1/h7-10H,1-6H2/t7-,8+,9+/m0/s1. The monoisotopic (exact) mass is 168 g/mol. The first-order chi connectivity index (χ1) is 5.95. The highest BCUT2D eigenvalue weighted by molar-refractivity contribution is 4.99. The van der Waals surface area contributed by atoms with E-state index in [1.54, 1.807) is 0 Å². The lowest BCUT2D eigenvalue weighted by Gasteiger charge is -2.31. The molecule has 0 aromatic heterocycles. The van der Waals surface area contributed by atoms with Gasteiger partial charge in [0.25, 0.3) is 0 Å². The lowest BCUT2D eigenvalue weighted by Crippen LogP contribution is -2.43. The fraction of sp³-hybridized carbons (Fsp3) is 1.00. The van der Waals surface area contributed by atoms with Gasteiger partial charge in [0, 0.05) is 18.5 Å². The van der Waals surface area contributed by atoms with Crippen molar-refractivity contribution in [2.75, 3.05) is 19.7 Å². The third kappa shape index (κ3) is 0.934. The molecule has 3 atom stereocenters. The van der Waals surface area contributed by atoms with Crippen LogP contribution in [-0.4, -0.2) is 36.7 Å². The number of nitrogens with zero attached hydrogens (tertiary/aromatic N) is 1. The molecule has 3 heterocycles. The van der Waals surface area contributed by atoms with Crippen LogP contribution in [0.25, 0.3) is 0 Å². The number of fused-ring (bicyclic) bond motifs is 3. The Morgan fingerprint density at radius 2 is 2.33 bits per heavy atom. The molecular weight excluding hydrogens is 152 g/mol. The summed E-state index contributed by atoms with van der Waals surface area (Å²) in [5.74, 6) is 0.771. The average molecular weight is 168 g/mol. The normalized spacial score (nSPS) is 47.5. The first kappa shape index (κ1) is 7.30. The highest BCUT2D eigenvalue weighted by Gasteiger charge is 2.45. The topological polar surface area (TPSA) is 24.5 Å². The van der Waals surface area contributed by atoms with Gasteiger partial charge in [-0.25, -0.2) is 0 Å². The third-order valence-corrected chi connectivity index (χ3v) is 3.57. The smallest absolute Gasteiger partial charge is 0.0739 e. The molecule has 0 saturated carbocycles. The van der Waals surface area contributed by atoms with Crippen LogP contribution in [-0.2, 0) is 4.84 Å². The largest absolute Gasteiger partial charge is 0.301 e. The van der Waals surface area contributed by atoms with Gasteiger partial charge in [-0.2, -0.15) is 5.48 Å². The van der Waals surface area contributed by atoms with Crippen LogP contribution in [0.1, 0.15) is 19.3 Å². The molecule has 1 N–H and O–H groups in total. The van der Waals surface area contributed by atoms with E-state index in [0.29, 0.717) is 6.04 Å². The zero-order valence-corrected chi connectivity index (χ0v) is 7.33. The molecule has 3 aliphatic rings. The summed E-state index contributed by atoms with van der Waals surface area (Å²) in [5.41, 5.74) is 3.18. The van der Waals surface area contributed by atoms with Crippen molar-refractivity contribution >= 4 is 0 Å². The van der Waals surface area contributed by atoms with E-state index >= 15 is 0 Å². The Bertz CT molecular complexity index is 185. The van der Waals surface area contributed by atoms with Gasteiger partial charge in [-0.05, 0) is 19.4 Å².